The maximum atomic E-state index is 12.3. The Balaban J connectivity index is 1.85. The minimum Gasteiger partial charge on any atom is -0.322 e. The third kappa shape index (κ3) is 2.85. The Hall–Kier alpha value is -2.47. The number of nitrogens with one attached hydrogen (secondary N) is 1. The van der Waals surface area contributed by atoms with E-state index >= 15 is 0 Å². The zero-order valence-electron chi connectivity index (χ0n) is 11.7. The van der Waals surface area contributed by atoms with Gasteiger partial charge < -0.3 is 5.32 Å². The Bertz CT molecular complexity index is 777. The van der Waals surface area contributed by atoms with Crippen molar-refractivity contribution < 1.29 is 4.79 Å². The lowest BCUT2D eigenvalue weighted by Gasteiger charge is -2.04. The van der Waals surface area contributed by atoms with Gasteiger partial charge in [0.15, 0.2) is 0 Å². The SMILES string of the molecule is Cc1cccc(NC(=O)c2cn(-c3nccs3)nc2C)c1. The van der Waals surface area contributed by atoms with Crippen LogP contribution in [0, 0.1) is 13.8 Å². The molecule has 0 spiro atoms. The van der Waals surface area contributed by atoms with Crippen molar-refractivity contribution in [3.63, 3.8) is 0 Å². The number of thiazole rings is 1. The van der Waals surface area contributed by atoms with Crippen LogP contribution in [0.4, 0.5) is 5.69 Å². The number of rotatable bonds is 3. The van der Waals surface area contributed by atoms with Crippen LogP contribution in [0.15, 0.2) is 42.0 Å². The number of aryl methyl sites for hydroxylation is 2. The van der Waals surface area contributed by atoms with Crippen LogP contribution in [-0.2, 0) is 0 Å². The fourth-order valence-corrected chi connectivity index (χ4v) is 2.60. The summed E-state index contributed by atoms with van der Waals surface area (Å²) in [5.41, 5.74) is 3.10. The first-order valence-electron chi connectivity index (χ1n) is 6.47. The number of carbonyl (C=O) groups excluding carboxylic acids is 1. The zero-order valence-corrected chi connectivity index (χ0v) is 12.5. The minimum atomic E-state index is -0.166. The molecule has 1 N–H and O–H groups in total. The molecular weight excluding hydrogens is 284 g/mol. The quantitative estimate of drug-likeness (QED) is 0.807. The first-order valence-corrected chi connectivity index (χ1v) is 7.35. The largest absolute Gasteiger partial charge is 0.322 e. The lowest BCUT2D eigenvalue weighted by molar-refractivity contribution is 0.102. The number of carbonyl (C=O) groups is 1. The van der Waals surface area contributed by atoms with E-state index in [-0.39, 0.29) is 5.91 Å². The second kappa shape index (κ2) is 5.49. The molecule has 0 aliphatic heterocycles. The van der Waals surface area contributed by atoms with Crippen LogP contribution in [0.2, 0.25) is 0 Å². The molecule has 2 heterocycles. The van der Waals surface area contributed by atoms with Crippen LogP contribution in [0.25, 0.3) is 5.13 Å². The molecule has 0 unspecified atom stereocenters. The average Bonchev–Trinajstić information content (AvgIpc) is 3.07. The molecule has 3 rings (SSSR count). The maximum absolute atomic E-state index is 12.3. The molecule has 1 aromatic carbocycles. The standard InChI is InChI=1S/C15H14N4OS/c1-10-4-3-5-12(8-10)17-14(20)13-9-19(18-11(13)2)15-16-6-7-21-15/h3-9H,1-2H3,(H,17,20). The van der Waals surface area contributed by atoms with E-state index in [0.29, 0.717) is 11.3 Å². The van der Waals surface area contributed by atoms with Crippen molar-refractivity contribution in [2.24, 2.45) is 0 Å². The number of aromatic nitrogens is 3. The van der Waals surface area contributed by atoms with E-state index in [1.165, 1.54) is 11.3 Å². The van der Waals surface area contributed by atoms with Gasteiger partial charge >= 0.3 is 0 Å². The van der Waals surface area contributed by atoms with E-state index in [1.54, 1.807) is 17.1 Å². The van der Waals surface area contributed by atoms with Gasteiger partial charge in [0.2, 0.25) is 5.13 Å². The normalized spacial score (nSPS) is 10.6. The molecule has 0 saturated carbocycles. The number of hydrogen-bond donors (Lipinski definition) is 1. The summed E-state index contributed by atoms with van der Waals surface area (Å²) >= 11 is 1.47. The molecule has 6 heteroatoms. The molecule has 0 aliphatic rings. The topological polar surface area (TPSA) is 59.8 Å². The molecule has 0 atom stereocenters. The van der Waals surface area contributed by atoms with E-state index in [0.717, 1.165) is 16.4 Å². The smallest absolute Gasteiger partial charge is 0.259 e. The van der Waals surface area contributed by atoms with Crippen LogP contribution in [0.3, 0.4) is 0 Å². The zero-order chi connectivity index (χ0) is 14.8. The summed E-state index contributed by atoms with van der Waals surface area (Å²) in [6, 6.07) is 7.70. The average molecular weight is 298 g/mol. The highest BCUT2D eigenvalue weighted by atomic mass is 32.1. The summed E-state index contributed by atoms with van der Waals surface area (Å²) in [5, 5.41) is 9.84. The molecule has 21 heavy (non-hydrogen) atoms. The van der Waals surface area contributed by atoms with Gasteiger partial charge in [-0.05, 0) is 31.5 Å². The molecule has 0 saturated heterocycles. The van der Waals surface area contributed by atoms with Crippen molar-refractivity contribution in [1.29, 1.82) is 0 Å². The van der Waals surface area contributed by atoms with Crippen molar-refractivity contribution in [3.8, 4) is 5.13 Å². The number of anilines is 1. The molecular formula is C15H14N4OS. The van der Waals surface area contributed by atoms with E-state index in [2.05, 4.69) is 15.4 Å². The molecule has 0 radical (unpaired) electrons. The molecule has 106 valence electrons. The predicted molar refractivity (Wildman–Crippen MR) is 83.1 cm³/mol. The molecule has 0 aliphatic carbocycles. The maximum Gasteiger partial charge on any atom is 0.259 e. The Morgan fingerprint density at radius 1 is 1.33 bits per heavy atom. The lowest BCUT2D eigenvalue weighted by Crippen LogP contribution is -2.12. The van der Waals surface area contributed by atoms with E-state index in [4.69, 9.17) is 0 Å². The van der Waals surface area contributed by atoms with Crippen molar-refractivity contribution in [1.82, 2.24) is 14.8 Å². The van der Waals surface area contributed by atoms with Crippen molar-refractivity contribution >= 4 is 22.9 Å². The predicted octanol–water partition coefficient (Wildman–Crippen LogP) is 3.20. The van der Waals surface area contributed by atoms with Crippen LogP contribution in [-0.4, -0.2) is 20.7 Å². The minimum absolute atomic E-state index is 0.166. The first kappa shape index (κ1) is 13.5. The Morgan fingerprint density at radius 2 is 2.19 bits per heavy atom. The first-order chi connectivity index (χ1) is 10.1. The molecule has 0 fully saturated rings. The third-order valence-electron chi connectivity index (χ3n) is 3.03. The van der Waals surface area contributed by atoms with Crippen LogP contribution >= 0.6 is 11.3 Å². The monoisotopic (exact) mass is 298 g/mol. The van der Waals surface area contributed by atoms with Crippen LogP contribution in [0.5, 0.6) is 0 Å². The Morgan fingerprint density at radius 3 is 2.90 bits per heavy atom. The number of hydrogen-bond acceptors (Lipinski definition) is 4. The number of benzene rings is 1. The van der Waals surface area contributed by atoms with Gasteiger partial charge in [-0.25, -0.2) is 9.67 Å². The van der Waals surface area contributed by atoms with Gasteiger partial charge in [-0.15, -0.1) is 11.3 Å². The summed E-state index contributed by atoms with van der Waals surface area (Å²) in [5.74, 6) is -0.166. The van der Waals surface area contributed by atoms with Gasteiger partial charge in [0.25, 0.3) is 5.91 Å². The third-order valence-corrected chi connectivity index (χ3v) is 3.80. The van der Waals surface area contributed by atoms with Gasteiger partial charge in [0.05, 0.1) is 11.3 Å². The van der Waals surface area contributed by atoms with Gasteiger partial charge in [0.1, 0.15) is 0 Å². The molecule has 1 amide bonds. The van der Waals surface area contributed by atoms with E-state index in [1.807, 2.05) is 43.5 Å². The van der Waals surface area contributed by atoms with E-state index < -0.39 is 0 Å². The van der Waals surface area contributed by atoms with Gasteiger partial charge in [-0.2, -0.15) is 5.10 Å². The molecule has 3 aromatic rings. The molecule has 2 aromatic heterocycles. The van der Waals surface area contributed by atoms with Gasteiger partial charge in [0, 0.05) is 23.5 Å². The molecule has 5 nitrogen and oxygen atoms in total. The Kier molecular flexibility index (Phi) is 3.53. The number of amides is 1. The van der Waals surface area contributed by atoms with Crippen molar-refractivity contribution in [2.75, 3.05) is 5.32 Å². The highest BCUT2D eigenvalue weighted by Gasteiger charge is 2.15. The van der Waals surface area contributed by atoms with E-state index in [9.17, 15) is 4.79 Å². The Labute approximate surface area is 126 Å². The fraction of sp³-hybridized carbons (Fsp3) is 0.133. The van der Waals surface area contributed by atoms with Gasteiger partial charge in [-0.3, -0.25) is 4.79 Å². The molecule has 0 bridgehead atoms. The summed E-state index contributed by atoms with van der Waals surface area (Å²) in [6.45, 7) is 3.80. The summed E-state index contributed by atoms with van der Waals surface area (Å²) in [6.07, 6.45) is 3.42. The van der Waals surface area contributed by atoms with Gasteiger partial charge in [-0.1, -0.05) is 12.1 Å². The summed E-state index contributed by atoms with van der Waals surface area (Å²) < 4.78 is 1.63. The van der Waals surface area contributed by atoms with Crippen LogP contribution < -0.4 is 5.32 Å². The summed E-state index contributed by atoms with van der Waals surface area (Å²) in [4.78, 5) is 16.5. The van der Waals surface area contributed by atoms with Crippen molar-refractivity contribution in [2.45, 2.75) is 13.8 Å². The second-order valence-electron chi connectivity index (χ2n) is 4.71. The fourth-order valence-electron chi connectivity index (χ4n) is 2.03. The number of nitrogens with zero attached hydrogens (tertiary/aromatic N) is 3. The highest BCUT2D eigenvalue weighted by molar-refractivity contribution is 7.12. The van der Waals surface area contributed by atoms with Crippen LogP contribution in [0.1, 0.15) is 21.6 Å². The highest BCUT2D eigenvalue weighted by Crippen LogP contribution is 2.16. The summed E-state index contributed by atoms with van der Waals surface area (Å²) in [7, 11) is 0. The van der Waals surface area contributed by atoms with Crippen molar-refractivity contribution in [3.05, 3.63) is 58.9 Å². The lowest BCUT2D eigenvalue weighted by atomic mass is 10.2. The second-order valence-corrected chi connectivity index (χ2v) is 5.58.